The van der Waals surface area contributed by atoms with Gasteiger partial charge in [0.25, 0.3) is 0 Å². The molecule has 0 N–H and O–H groups in total. The lowest BCUT2D eigenvalue weighted by Crippen LogP contribution is -2.57. The van der Waals surface area contributed by atoms with Gasteiger partial charge in [-0.05, 0) is 37.3 Å². The van der Waals surface area contributed by atoms with Crippen LogP contribution in [-0.2, 0) is 11.0 Å². The molecular formula is C24H29F3N4O. The Labute approximate surface area is 187 Å². The molecule has 0 aliphatic carbocycles. The maximum absolute atomic E-state index is 13.1. The number of halogens is 3. The van der Waals surface area contributed by atoms with E-state index in [4.69, 9.17) is 0 Å². The van der Waals surface area contributed by atoms with E-state index in [9.17, 15) is 18.0 Å². The Kier molecular flexibility index (Phi) is 6.60. The van der Waals surface area contributed by atoms with E-state index in [1.54, 1.807) is 6.07 Å². The molecule has 172 valence electrons. The van der Waals surface area contributed by atoms with Gasteiger partial charge in [0.1, 0.15) is 0 Å². The van der Waals surface area contributed by atoms with Gasteiger partial charge >= 0.3 is 6.18 Å². The van der Waals surface area contributed by atoms with Gasteiger partial charge in [0, 0.05) is 63.7 Å². The van der Waals surface area contributed by atoms with Crippen molar-refractivity contribution in [2.24, 2.45) is 0 Å². The van der Waals surface area contributed by atoms with Crippen molar-refractivity contribution in [2.45, 2.75) is 19.1 Å². The highest BCUT2D eigenvalue weighted by Crippen LogP contribution is 2.32. The first-order valence-corrected chi connectivity index (χ1v) is 11.1. The molecule has 2 fully saturated rings. The number of nitrogens with zero attached hydrogens (tertiary/aromatic N) is 4. The molecule has 0 aromatic heterocycles. The zero-order chi connectivity index (χ0) is 22.7. The number of hydrogen-bond donors (Lipinski definition) is 0. The summed E-state index contributed by atoms with van der Waals surface area (Å²) in [6, 6.07) is 15.4. The second-order valence-corrected chi connectivity index (χ2v) is 8.39. The maximum Gasteiger partial charge on any atom is 0.416 e. The van der Waals surface area contributed by atoms with Gasteiger partial charge in [0.05, 0.1) is 11.6 Å². The minimum atomic E-state index is -4.34. The molecule has 0 bridgehead atoms. The molecule has 0 spiro atoms. The largest absolute Gasteiger partial charge is 0.416 e. The molecule has 1 amide bonds. The third-order valence-corrected chi connectivity index (χ3v) is 6.47. The first kappa shape index (κ1) is 22.5. The van der Waals surface area contributed by atoms with Gasteiger partial charge in [-0.15, -0.1) is 0 Å². The fraction of sp³-hybridized carbons (Fsp3) is 0.458. The van der Waals surface area contributed by atoms with Gasteiger partial charge in [-0.25, -0.2) is 0 Å². The smallest absolute Gasteiger partial charge is 0.369 e. The quantitative estimate of drug-likeness (QED) is 0.719. The summed E-state index contributed by atoms with van der Waals surface area (Å²) in [5, 5.41) is 0. The summed E-state index contributed by atoms with van der Waals surface area (Å²) in [5.41, 5.74) is 1.13. The third-order valence-electron chi connectivity index (χ3n) is 6.47. The highest BCUT2D eigenvalue weighted by atomic mass is 19.4. The fourth-order valence-corrected chi connectivity index (χ4v) is 4.49. The van der Waals surface area contributed by atoms with E-state index < -0.39 is 11.7 Å². The van der Waals surface area contributed by atoms with Crippen LogP contribution in [-0.4, -0.2) is 74.1 Å². The van der Waals surface area contributed by atoms with Gasteiger partial charge in [-0.2, -0.15) is 13.2 Å². The predicted octanol–water partition coefficient (Wildman–Crippen LogP) is 3.56. The Balaban J connectivity index is 1.29. The van der Waals surface area contributed by atoms with Crippen LogP contribution in [0.4, 0.5) is 24.5 Å². The topological polar surface area (TPSA) is 30.0 Å². The van der Waals surface area contributed by atoms with E-state index >= 15 is 0 Å². The van der Waals surface area contributed by atoms with Gasteiger partial charge in [-0.3, -0.25) is 9.69 Å². The zero-order valence-electron chi connectivity index (χ0n) is 18.3. The lowest BCUT2D eigenvalue weighted by molar-refractivity contribution is -0.138. The second kappa shape index (κ2) is 9.40. The molecule has 32 heavy (non-hydrogen) atoms. The van der Waals surface area contributed by atoms with Crippen molar-refractivity contribution in [3.63, 3.8) is 0 Å². The molecule has 2 heterocycles. The summed E-state index contributed by atoms with van der Waals surface area (Å²) < 4.78 is 39.1. The number of amides is 1. The Bertz CT molecular complexity index is 905. The predicted molar refractivity (Wildman–Crippen MR) is 120 cm³/mol. The van der Waals surface area contributed by atoms with Crippen molar-refractivity contribution >= 4 is 17.3 Å². The van der Waals surface area contributed by atoms with Crippen LogP contribution in [0.15, 0.2) is 54.6 Å². The van der Waals surface area contributed by atoms with Crippen molar-refractivity contribution in [3.8, 4) is 0 Å². The SMILES string of the molecule is CC(C(=O)N1CCN(c2ccccc2)CC1)N1CCN(c2cccc(C(F)(F)F)c2)CC1. The van der Waals surface area contributed by atoms with E-state index in [0.717, 1.165) is 19.2 Å². The van der Waals surface area contributed by atoms with Crippen molar-refractivity contribution in [1.82, 2.24) is 9.80 Å². The van der Waals surface area contributed by atoms with Crippen molar-refractivity contribution in [3.05, 3.63) is 60.2 Å². The summed E-state index contributed by atoms with van der Waals surface area (Å²) in [6.45, 7) is 7.44. The standard InChI is InChI=1S/C24H29F3N4O/c1-19(23(32)31-16-14-29(15-17-31)21-7-3-2-4-8-21)28-10-12-30(13-11-28)22-9-5-6-20(18-22)24(25,26)27/h2-9,18-19H,10-17H2,1H3. The first-order valence-electron chi connectivity index (χ1n) is 11.1. The van der Waals surface area contributed by atoms with Crippen LogP contribution in [0.5, 0.6) is 0 Å². The number of piperazine rings is 2. The maximum atomic E-state index is 13.1. The molecule has 4 rings (SSSR count). The number of carbonyl (C=O) groups is 1. The molecule has 1 unspecified atom stereocenters. The summed E-state index contributed by atoms with van der Waals surface area (Å²) in [7, 11) is 0. The van der Waals surface area contributed by atoms with Crippen LogP contribution in [0.25, 0.3) is 0 Å². The van der Waals surface area contributed by atoms with Gasteiger partial charge in [0.15, 0.2) is 0 Å². The van der Waals surface area contributed by atoms with E-state index in [1.165, 1.54) is 17.8 Å². The van der Waals surface area contributed by atoms with E-state index in [1.807, 2.05) is 34.9 Å². The number of hydrogen-bond acceptors (Lipinski definition) is 4. The third kappa shape index (κ3) is 5.01. The molecule has 0 radical (unpaired) electrons. The van der Waals surface area contributed by atoms with E-state index in [2.05, 4.69) is 21.9 Å². The Hall–Kier alpha value is -2.74. The van der Waals surface area contributed by atoms with Crippen LogP contribution in [0.3, 0.4) is 0 Å². The van der Waals surface area contributed by atoms with Crippen molar-refractivity contribution < 1.29 is 18.0 Å². The minimum absolute atomic E-state index is 0.130. The summed E-state index contributed by atoms with van der Waals surface area (Å²) >= 11 is 0. The summed E-state index contributed by atoms with van der Waals surface area (Å²) in [5.74, 6) is 0.130. The first-order chi connectivity index (χ1) is 15.3. The van der Waals surface area contributed by atoms with Crippen LogP contribution in [0, 0.1) is 0 Å². The van der Waals surface area contributed by atoms with Crippen LogP contribution in [0.2, 0.25) is 0 Å². The number of alkyl halides is 3. The normalized spacial score (nSPS) is 19.2. The molecule has 0 saturated carbocycles. The molecule has 8 heteroatoms. The Morgan fingerprint density at radius 3 is 1.97 bits per heavy atom. The number of anilines is 2. The highest BCUT2D eigenvalue weighted by molar-refractivity contribution is 5.81. The fourth-order valence-electron chi connectivity index (χ4n) is 4.49. The Morgan fingerprint density at radius 2 is 1.34 bits per heavy atom. The molecule has 2 aromatic carbocycles. The number of benzene rings is 2. The lowest BCUT2D eigenvalue weighted by atomic mass is 10.1. The lowest BCUT2D eigenvalue weighted by Gasteiger charge is -2.42. The summed E-state index contributed by atoms with van der Waals surface area (Å²) in [6.07, 6.45) is -4.34. The highest BCUT2D eigenvalue weighted by Gasteiger charge is 2.33. The van der Waals surface area contributed by atoms with Crippen LogP contribution >= 0.6 is 0 Å². The van der Waals surface area contributed by atoms with Gasteiger partial charge in [0.2, 0.25) is 5.91 Å². The molecule has 2 aromatic rings. The minimum Gasteiger partial charge on any atom is -0.369 e. The molecule has 2 aliphatic rings. The Morgan fingerprint density at radius 1 is 0.781 bits per heavy atom. The average Bonchev–Trinajstić information content (AvgIpc) is 2.83. The van der Waals surface area contributed by atoms with E-state index in [-0.39, 0.29) is 11.9 Å². The molecule has 1 atom stereocenters. The number of carbonyl (C=O) groups excluding carboxylic acids is 1. The van der Waals surface area contributed by atoms with Crippen molar-refractivity contribution in [2.75, 3.05) is 62.2 Å². The number of rotatable bonds is 4. The molecule has 2 saturated heterocycles. The van der Waals surface area contributed by atoms with E-state index in [0.29, 0.717) is 45.0 Å². The second-order valence-electron chi connectivity index (χ2n) is 8.39. The number of para-hydroxylation sites is 1. The van der Waals surface area contributed by atoms with Gasteiger partial charge < -0.3 is 14.7 Å². The average molecular weight is 447 g/mol. The van der Waals surface area contributed by atoms with Crippen molar-refractivity contribution in [1.29, 1.82) is 0 Å². The van der Waals surface area contributed by atoms with Crippen LogP contribution < -0.4 is 9.80 Å². The van der Waals surface area contributed by atoms with Crippen LogP contribution in [0.1, 0.15) is 12.5 Å². The molecular weight excluding hydrogens is 417 g/mol. The summed E-state index contributed by atoms with van der Waals surface area (Å²) in [4.78, 5) is 21.4. The molecule has 5 nitrogen and oxygen atoms in total. The monoisotopic (exact) mass is 446 g/mol. The molecule has 2 aliphatic heterocycles. The van der Waals surface area contributed by atoms with Gasteiger partial charge in [-0.1, -0.05) is 24.3 Å². The zero-order valence-corrected chi connectivity index (χ0v) is 18.3.